The van der Waals surface area contributed by atoms with Crippen LogP contribution in [0.5, 0.6) is 0 Å². The SMILES string of the molecule is CC[C@@H](NC(=O)c1ccc(Nc2nc3cccc(-c4cccc(Cl)c4)n3n2)cc1)C(C)(C)C. The summed E-state index contributed by atoms with van der Waals surface area (Å²) in [6.07, 6.45) is 0.881. The van der Waals surface area contributed by atoms with Crippen LogP contribution < -0.4 is 10.6 Å². The van der Waals surface area contributed by atoms with Gasteiger partial charge in [0.1, 0.15) is 0 Å². The Hall–Kier alpha value is -3.38. The van der Waals surface area contributed by atoms with Crippen molar-refractivity contribution in [3.05, 3.63) is 77.3 Å². The van der Waals surface area contributed by atoms with Gasteiger partial charge in [0.25, 0.3) is 5.91 Å². The van der Waals surface area contributed by atoms with Gasteiger partial charge in [-0.15, -0.1) is 5.10 Å². The molecule has 1 amide bonds. The van der Waals surface area contributed by atoms with E-state index in [4.69, 9.17) is 11.6 Å². The van der Waals surface area contributed by atoms with Gasteiger partial charge >= 0.3 is 0 Å². The average molecular weight is 462 g/mol. The molecule has 4 rings (SSSR count). The second-order valence-electron chi connectivity index (χ2n) is 9.13. The van der Waals surface area contributed by atoms with Gasteiger partial charge in [-0.3, -0.25) is 4.79 Å². The maximum Gasteiger partial charge on any atom is 0.251 e. The first-order valence-corrected chi connectivity index (χ1v) is 11.4. The predicted molar refractivity (Wildman–Crippen MR) is 134 cm³/mol. The molecule has 2 aromatic carbocycles. The van der Waals surface area contributed by atoms with Crippen LogP contribution in [-0.2, 0) is 0 Å². The molecular formula is C26H28ClN5O. The third-order valence-electron chi connectivity index (χ3n) is 5.64. The number of pyridine rings is 1. The summed E-state index contributed by atoms with van der Waals surface area (Å²) < 4.78 is 1.78. The fourth-order valence-corrected chi connectivity index (χ4v) is 4.02. The summed E-state index contributed by atoms with van der Waals surface area (Å²) in [6.45, 7) is 8.49. The Kier molecular flexibility index (Phi) is 6.38. The largest absolute Gasteiger partial charge is 0.349 e. The number of aromatic nitrogens is 3. The van der Waals surface area contributed by atoms with Crippen molar-refractivity contribution >= 4 is 34.8 Å². The Balaban J connectivity index is 1.52. The molecule has 0 fully saturated rings. The summed E-state index contributed by atoms with van der Waals surface area (Å²) in [5, 5.41) is 11.7. The third kappa shape index (κ3) is 5.17. The van der Waals surface area contributed by atoms with Crippen molar-refractivity contribution in [2.24, 2.45) is 5.41 Å². The van der Waals surface area contributed by atoms with Crippen molar-refractivity contribution in [3.63, 3.8) is 0 Å². The van der Waals surface area contributed by atoms with E-state index in [2.05, 4.69) is 48.4 Å². The molecule has 0 aliphatic carbocycles. The van der Waals surface area contributed by atoms with Crippen molar-refractivity contribution in [2.75, 3.05) is 5.32 Å². The van der Waals surface area contributed by atoms with Crippen molar-refractivity contribution in [3.8, 4) is 11.3 Å². The number of fused-ring (bicyclic) bond motifs is 1. The Morgan fingerprint density at radius 1 is 1.06 bits per heavy atom. The molecule has 0 unspecified atom stereocenters. The van der Waals surface area contributed by atoms with Gasteiger partial charge in [-0.2, -0.15) is 4.98 Å². The molecular weight excluding hydrogens is 434 g/mol. The molecule has 0 radical (unpaired) electrons. The molecule has 170 valence electrons. The quantitative estimate of drug-likeness (QED) is 0.351. The third-order valence-corrected chi connectivity index (χ3v) is 5.88. The number of anilines is 2. The van der Waals surface area contributed by atoms with Gasteiger partial charge in [0.15, 0.2) is 5.65 Å². The van der Waals surface area contributed by atoms with Crippen LogP contribution in [0.4, 0.5) is 11.6 Å². The van der Waals surface area contributed by atoms with Crippen molar-refractivity contribution in [1.29, 1.82) is 0 Å². The number of carbonyl (C=O) groups is 1. The van der Waals surface area contributed by atoms with Gasteiger partial charge in [-0.05, 0) is 60.4 Å². The zero-order valence-electron chi connectivity index (χ0n) is 19.3. The zero-order valence-corrected chi connectivity index (χ0v) is 20.0. The van der Waals surface area contributed by atoms with Gasteiger partial charge in [0.2, 0.25) is 5.95 Å². The number of amides is 1. The molecule has 2 aromatic heterocycles. The lowest BCUT2D eigenvalue weighted by Gasteiger charge is -2.30. The van der Waals surface area contributed by atoms with E-state index >= 15 is 0 Å². The normalized spacial score (nSPS) is 12.5. The van der Waals surface area contributed by atoms with Crippen LogP contribution in [0.15, 0.2) is 66.7 Å². The first kappa shape index (κ1) is 22.8. The van der Waals surface area contributed by atoms with Gasteiger partial charge in [-0.1, -0.05) is 57.5 Å². The molecule has 6 nitrogen and oxygen atoms in total. The maximum absolute atomic E-state index is 12.7. The Bertz CT molecular complexity index is 1270. The van der Waals surface area contributed by atoms with Crippen LogP contribution in [-0.4, -0.2) is 26.5 Å². The molecule has 2 N–H and O–H groups in total. The molecule has 0 spiro atoms. The smallest absolute Gasteiger partial charge is 0.251 e. The van der Waals surface area contributed by atoms with Gasteiger partial charge in [-0.25, -0.2) is 4.52 Å². The van der Waals surface area contributed by atoms with E-state index in [1.54, 1.807) is 16.6 Å². The molecule has 33 heavy (non-hydrogen) atoms. The van der Waals surface area contributed by atoms with Gasteiger partial charge < -0.3 is 10.6 Å². The van der Waals surface area contributed by atoms with Crippen LogP contribution >= 0.6 is 11.6 Å². The van der Waals surface area contributed by atoms with E-state index in [0.717, 1.165) is 29.0 Å². The summed E-state index contributed by atoms with van der Waals surface area (Å²) in [5.41, 5.74) is 4.00. The number of hydrogen-bond acceptors (Lipinski definition) is 4. The lowest BCUT2D eigenvalue weighted by molar-refractivity contribution is 0.0900. The first-order chi connectivity index (χ1) is 15.7. The molecule has 2 heterocycles. The number of halogens is 1. The predicted octanol–water partition coefficient (Wildman–Crippen LogP) is 6.35. The van der Waals surface area contributed by atoms with Crippen molar-refractivity contribution < 1.29 is 4.79 Å². The number of hydrogen-bond donors (Lipinski definition) is 2. The van der Waals surface area contributed by atoms with Gasteiger partial charge in [0.05, 0.1) is 5.69 Å². The fraction of sp³-hybridized carbons (Fsp3) is 0.269. The highest BCUT2D eigenvalue weighted by molar-refractivity contribution is 6.30. The summed E-state index contributed by atoms with van der Waals surface area (Å²) in [6, 6.07) is 20.9. The maximum atomic E-state index is 12.7. The Labute approximate surface area is 199 Å². The average Bonchev–Trinajstić information content (AvgIpc) is 3.19. The van der Waals surface area contributed by atoms with Crippen LogP contribution in [0.3, 0.4) is 0 Å². The molecule has 0 bridgehead atoms. The van der Waals surface area contributed by atoms with Crippen molar-refractivity contribution in [2.45, 2.75) is 40.2 Å². The Morgan fingerprint density at radius 3 is 2.45 bits per heavy atom. The van der Waals surface area contributed by atoms with E-state index in [-0.39, 0.29) is 17.4 Å². The number of rotatable bonds is 6. The van der Waals surface area contributed by atoms with E-state index in [1.165, 1.54) is 0 Å². The lowest BCUT2D eigenvalue weighted by Crippen LogP contribution is -2.43. The molecule has 4 aromatic rings. The monoisotopic (exact) mass is 461 g/mol. The van der Waals surface area contributed by atoms with Gasteiger partial charge in [0, 0.05) is 27.9 Å². The Morgan fingerprint density at radius 2 is 1.79 bits per heavy atom. The minimum absolute atomic E-state index is 0.00460. The standard InChI is InChI=1S/C26H28ClN5O/c1-5-22(26(2,3)4)29-24(33)17-12-14-20(15-13-17)28-25-30-23-11-7-10-21(32(23)31-25)18-8-6-9-19(27)16-18/h6-16,22H,5H2,1-4H3,(H,28,31)(H,29,33)/t22-/m1/s1. The van der Waals surface area contributed by atoms with E-state index in [9.17, 15) is 4.79 Å². The molecule has 0 saturated heterocycles. The topological polar surface area (TPSA) is 71.3 Å². The molecule has 0 aliphatic rings. The van der Waals surface area contributed by atoms with Crippen LogP contribution in [0.2, 0.25) is 5.02 Å². The number of carbonyl (C=O) groups excluding carboxylic acids is 1. The summed E-state index contributed by atoms with van der Waals surface area (Å²) >= 11 is 6.17. The number of nitrogens with zero attached hydrogens (tertiary/aromatic N) is 3. The molecule has 7 heteroatoms. The van der Waals surface area contributed by atoms with Crippen LogP contribution in [0.25, 0.3) is 16.9 Å². The molecule has 1 atom stereocenters. The number of nitrogens with one attached hydrogen (secondary N) is 2. The zero-order chi connectivity index (χ0) is 23.6. The van der Waals surface area contributed by atoms with E-state index < -0.39 is 0 Å². The van der Waals surface area contributed by atoms with Crippen LogP contribution in [0.1, 0.15) is 44.5 Å². The second kappa shape index (κ2) is 9.24. The minimum atomic E-state index is -0.0691. The minimum Gasteiger partial charge on any atom is -0.349 e. The highest BCUT2D eigenvalue weighted by Gasteiger charge is 2.24. The summed E-state index contributed by atoms with van der Waals surface area (Å²) in [4.78, 5) is 17.3. The second-order valence-corrected chi connectivity index (χ2v) is 9.57. The van der Waals surface area contributed by atoms with E-state index in [1.807, 2.05) is 54.6 Å². The van der Waals surface area contributed by atoms with E-state index in [0.29, 0.717) is 16.5 Å². The number of benzene rings is 2. The fourth-order valence-electron chi connectivity index (χ4n) is 3.83. The lowest BCUT2D eigenvalue weighted by atomic mass is 9.85. The molecule has 0 saturated carbocycles. The molecule has 0 aliphatic heterocycles. The summed E-state index contributed by atoms with van der Waals surface area (Å²) in [7, 11) is 0. The highest BCUT2D eigenvalue weighted by atomic mass is 35.5. The van der Waals surface area contributed by atoms with Crippen LogP contribution in [0, 0.1) is 5.41 Å². The highest BCUT2D eigenvalue weighted by Crippen LogP contribution is 2.25. The van der Waals surface area contributed by atoms with Crippen molar-refractivity contribution in [1.82, 2.24) is 19.9 Å². The first-order valence-electron chi connectivity index (χ1n) is 11.0. The summed E-state index contributed by atoms with van der Waals surface area (Å²) in [5.74, 6) is 0.404.